The maximum Gasteiger partial charge on any atom is 0.254 e. The van der Waals surface area contributed by atoms with Gasteiger partial charge in [-0.15, -0.1) is 0 Å². The first-order chi connectivity index (χ1) is 13.1. The number of aromatic amines is 1. The highest BCUT2D eigenvalue weighted by Gasteiger charge is 2.21. The third kappa shape index (κ3) is 3.78. The summed E-state index contributed by atoms with van der Waals surface area (Å²) in [5, 5.41) is 0.617. The Morgan fingerprint density at radius 1 is 1.11 bits per heavy atom. The second-order valence-electron chi connectivity index (χ2n) is 6.60. The van der Waals surface area contributed by atoms with Crippen LogP contribution in [0.5, 0.6) is 0 Å². The lowest BCUT2D eigenvalue weighted by atomic mass is 9.99. The molecule has 0 atom stereocenters. The van der Waals surface area contributed by atoms with Gasteiger partial charge in [0.25, 0.3) is 5.56 Å². The van der Waals surface area contributed by atoms with E-state index in [9.17, 15) is 9.59 Å². The van der Waals surface area contributed by atoms with Gasteiger partial charge in [0, 0.05) is 35.4 Å². The Balaban J connectivity index is 1.49. The van der Waals surface area contributed by atoms with Gasteiger partial charge in [-0.2, -0.15) is 0 Å². The normalized spacial score (nSPS) is 13.3. The summed E-state index contributed by atoms with van der Waals surface area (Å²) >= 11 is 5.88. The van der Waals surface area contributed by atoms with E-state index in [1.165, 1.54) is 17.3 Å². The van der Waals surface area contributed by atoms with Crippen molar-refractivity contribution < 1.29 is 4.79 Å². The molecule has 2 aromatic carbocycles. The highest BCUT2D eigenvalue weighted by atomic mass is 35.5. The Kier molecular flexibility index (Phi) is 4.77. The zero-order valence-corrected chi connectivity index (χ0v) is 15.4. The number of carbonyl (C=O) groups excluding carboxylic acids is 1. The predicted octanol–water partition coefficient (Wildman–Crippen LogP) is 3.22. The lowest BCUT2D eigenvalue weighted by molar-refractivity contribution is -0.131. The lowest BCUT2D eigenvalue weighted by Gasteiger charge is -2.28. The number of nitrogens with one attached hydrogen (secondary N) is 1. The fourth-order valence-electron chi connectivity index (χ4n) is 3.28. The summed E-state index contributed by atoms with van der Waals surface area (Å²) in [5.41, 5.74) is 3.30. The van der Waals surface area contributed by atoms with Crippen LogP contribution in [0.3, 0.4) is 0 Å². The van der Waals surface area contributed by atoms with Gasteiger partial charge in [-0.3, -0.25) is 9.59 Å². The van der Waals surface area contributed by atoms with E-state index < -0.39 is 0 Å². The summed E-state index contributed by atoms with van der Waals surface area (Å²) < 4.78 is 0. The summed E-state index contributed by atoms with van der Waals surface area (Å²) in [4.78, 5) is 33.9. The van der Waals surface area contributed by atoms with E-state index in [0.29, 0.717) is 29.5 Å². The number of benzene rings is 2. The quantitative estimate of drug-likeness (QED) is 0.759. The van der Waals surface area contributed by atoms with Crippen molar-refractivity contribution in [2.45, 2.75) is 19.4 Å². The van der Waals surface area contributed by atoms with Crippen molar-refractivity contribution in [2.75, 3.05) is 6.54 Å². The molecule has 3 aromatic rings. The molecule has 2 heterocycles. The molecule has 6 heteroatoms. The number of carbonyl (C=O) groups is 1. The van der Waals surface area contributed by atoms with Crippen molar-refractivity contribution in [3.05, 3.63) is 86.8 Å². The maximum absolute atomic E-state index is 12.7. The first-order valence-electron chi connectivity index (χ1n) is 8.79. The van der Waals surface area contributed by atoms with Gasteiger partial charge in [0.2, 0.25) is 5.91 Å². The van der Waals surface area contributed by atoms with Gasteiger partial charge >= 0.3 is 0 Å². The Bertz CT molecular complexity index is 1040. The fourth-order valence-corrected chi connectivity index (χ4v) is 3.41. The van der Waals surface area contributed by atoms with Gasteiger partial charge in [0.1, 0.15) is 5.82 Å². The standard InChI is InChI=1S/C21H18ClN3O2/c22-18-7-5-15(6-8-18)20-23-12-17(21(27)24-20)11-19(26)25-10-9-14-3-1-2-4-16(14)13-25/h1-8,12H,9-11,13H2,(H,23,24,27). The summed E-state index contributed by atoms with van der Waals surface area (Å²) in [7, 11) is 0. The van der Waals surface area contributed by atoms with Crippen molar-refractivity contribution in [1.29, 1.82) is 0 Å². The predicted molar refractivity (Wildman–Crippen MR) is 105 cm³/mol. The van der Waals surface area contributed by atoms with Crippen LogP contribution in [0.4, 0.5) is 0 Å². The fraction of sp³-hybridized carbons (Fsp3) is 0.190. The molecule has 4 rings (SSSR count). The molecular formula is C21H18ClN3O2. The zero-order valence-electron chi connectivity index (χ0n) is 14.6. The first-order valence-corrected chi connectivity index (χ1v) is 9.16. The minimum Gasteiger partial charge on any atom is -0.338 e. The summed E-state index contributed by atoms with van der Waals surface area (Å²) in [6.45, 7) is 1.26. The van der Waals surface area contributed by atoms with Gasteiger partial charge in [0.05, 0.1) is 6.42 Å². The smallest absolute Gasteiger partial charge is 0.254 e. The minimum atomic E-state index is -0.291. The van der Waals surface area contributed by atoms with E-state index in [1.807, 2.05) is 18.2 Å². The number of H-pyrrole nitrogens is 1. The third-order valence-electron chi connectivity index (χ3n) is 4.82. The Morgan fingerprint density at radius 2 is 1.85 bits per heavy atom. The number of nitrogens with zero attached hydrogens (tertiary/aromatic N) is 2. The molecule has 136 valence electrons. The van der Waals surface area contributed by atoms with Gasteiger partial charge < -0.3 is 9.88 Å². The molecule has 0 saturated carbocycles. The van der Waals surface area contributed by atoms with Crippen LogP contribution in [0.1, 0.15) is 16.7 Å². The first kappa shape index (κ1) is 17.5. The molecule has 0 fully saturated rings. The van der Waals surface area contributed by atoms with E-state index in [4.69, 9.17) is 11.6 Å². The molecule has 1 aromatic heterocycles. The highest BCUT2D eigenvalue weighted by Crippen LogP contribution is 2.19. The number of halogens is 1. The number of rotatable bonds is 3. The molecule has 5 nitrogen and oxygen atoms in total. The van der Waals surface area contributed by atoms with Gasteiger partial charge in [0.15, 0.2) is 0 Å². The monoisotopic (exact) mass is 379 g/mol. The molecule has 0 aliphatic carbocycles. The topological polar surface area (TPSA) is 66.1 Å². The van der Waals surface area contributed by atoms with E-state index in [-0.39, 0.29) is 17.9 Å². The molecule has 1 amide bonds. The minimum absolute atomic E-state index is 0.0470. The molecule has 0 saturated heterocycles. The SMILES string of the molecule is O=C(Cc1cnc(-c2ccc(Cl)cc2)[nH]c1=O)N1CCc2ccccc2C1. The van der Waals surface area contributed by atoms with Crippen LogP contribution in [0.2, 0.25) is 5.02 Å². The molecule has 1 aliphatic rings. The third-order valence-corrected chi connectivity index (χ3v) is 5.07. The van der Waals surface area contributed by atoms with Gasteiger partial charge in [-0.05, 0) is 41.8 Å². The maximum atomic E-state index is 12.7. The Hall–Kier alpha value is -2.92. The number of hydrogen-bond donors (Lipinski definition) is 1. The van der Waals surface area contributed by atoms with Gasteiger partial charge in [-0.25, -0.2) is 4.98 Å². The number of fused-ring (bicyclic) bond motifs is 1. The molecular weight excluding hydrogens is 362 g/mol. The number of amides is 1. The van der Waals surface area contributed by atoms with E-state index in [2.05, 4.69) is 16.0 Å². The van der Waals surface area contributed by atoms with Crippen molar-refractivity contribution in [1.82, 2.24) is 14.9 Å². The van der Waals surface area contributed by atoms with E-state index >= 15 is 0 Å². The van der Waals surface area contributed by atoms with Crippen LogP contribution >= 0.6 is 11.6 Å². The number of aromatic nitrogens is 2. The molecule has 0 bridgehead atoms. The van der Waals surface area contributed by atoms with Crippen molar-refractivity contribution in [2.24, 2.45) is 0 Å². The van der Waals surface area contributed by atoms with Crippen molar-refractivity contribution in [3.63, 3.8) is 0 Å². The van der Waals surface area contributed by atoms with Gasteiger partial charge in [-0.1, -0.05) is 35.9 Å². The molecule has 27 heavy (non-hydrogen) atoms. The second-order valence-corrected chi connectivity index (χ2v) is 7.04. The summed E-state index contributed by atoms with van der Waals surface area (Å²) in [5.74, 6) is 0.399. The van der Waals surface area contributed by atoms with Crippen LogP contribution in [0.25, 0.3) is 11.4 Å². The Labute approximate surface area is 161 Å². The van der Waals surface area contributed by atoms with Crippen LogP contribution in [-0.2, 0) is 24.2 Å². The molecule has 1 aliphatic heterocycles. The highest BCUT2D eigenvalue weighted by molar-refractivity contribution is 6.30. The van der Waals surface area contributed by atoms with Crippen LogP contribution in [0, 0.1) is 0 Å². The summed E-state index contributed by atoms with van der Waals surface area (Å²) in [6.07, 6.45) is 2.37. The molecule has 0 spiro atoms. The van der Waals surface area contributed by atoms with Crippen molar-refractivity contribution in [3.8, 4) is 11.4 Å². The average Bonchev–Trinajstić information content (AvgIpc) is 2.69. The van der Waals surface area contributed by atoms with E-state index in [0.717, 1.165) is 12.0 Å². The van der Waals surface area contributed by atoms with E-state index in [1.54, 1.807) is 29.2 Å². The molecule has 0 unspecified atom stereocenters. The van der Waals surface area contributed by atoms with Crippen molar-refractivity contribution >= 4 is 17.5 Å². The summed E-state index contributed by atoms with van der Waals surface area (Å²) in [6, 6.07) is 15.2. The van der Waals surface area contributed by atoms with Crippen LogP contribution in [-0.4, -0.2) is 27.3 Å². The zero-order chi connectivity index (χ0) is 18.8. The lowest BCUT2D eigenvalue weighted by Crippen LogP contribution is -2.37. The second kappa shape index (κ2) is 7.37. The molecule has 1 N–H and O–H groups in total. The Morgan fingerprint density at radius 3 is 2.59 bits per heavy atom. The molecule has 0 radical (unpaired) electrons. The largest absolute Gasteiger partial charge is 0.338 e. The number of hydrogen-bond acceptors (Lipinski definition) is 3. The van der Waals surface area contributed by atoms with Crippen LogP contribution < -0.4 is 5.56 Å². The van der Waals surface area contributed by atoms with Crippen LogP contribution in [0.15, 0.2) is 59.5 Å². The average molecular weight is 380 g/mol.